The summed E-state index contributed by atoms with van der Waals surface area (Å²) in [6, 6.07) is 3.84. The Kier molecular flexibility index (Phi) is 2.47. The highest BCUT2D eigenvalue weighted by atomic mass is 16.3. The molecule has 82 valence electrons. The van der Waals surface area contributed by atoms with Gasteiger partial charge in [0, 0.05) is 11.8 Å². The Morgan fingerprint density at radius 3 is 2.75 bits per heavy atom. The van der Waals surface area contributed by atoms with Gasteiger partial charge in [-0.2, -0.15) is 5.10 Å². The third-order valence-corrected chi connectivity index (χ3v) is 1.99. The molecule has 0 fully saturated rings. The van der Waals surface area contributed by atoms with E-state index in [0.29, 0.717) is 5.69 Å². The van der Waals surface area contributed by atoms with Crippen LogP contribution in [0.3, 0.4) is 0 Å². The summed E-state index contributed by atoms with van der Waals surface area (Å²) in [7, 11) is 0. The van der Waals surface area contributed by atoms with Gasteiger partial charge < -0.3 is 15.5 Å². The van der Waals surface area contributed by atoms with E-state index < -0.39 is 5.91 Å². The first kappa shape index (κ1) is 10.0. The second-order valence-electron chi connectivity index (χ2n) is 3.14. The first-order chi connectivity index (χ1) is 7.66. The summed E-state index contributed by atoms with van der Waals surface area (Å²) in [5, 5.41) is 27.1. The minimum atomic E-state index is -0.392. The number of carbonyl (C=O) groups is 1. The fourth-order valence-corrected chi connectivity index (χ4v) is 1.19. The summed E-state index contributed by atoms with van der Waals surface area (Å²) in [6.07, 6.45) is 2.98. The number of amides is 1. The number of carbonyl (C=O) groups excluding carboxylic acids is 1. The first-order valence-corrected chi connectivity index (χ1v) is 4.49. The Morgan fingerprint density at radius 1 is 1.31 bits per heavy atom. The van der Waals surface area contributed by atoms with Crippen LogP contribution in [-0.4, -0.2) is 26.3 Å². The molecule has 0 saturated heterocycles. The van der Waals surface area contributed by atoms with E-state index >= 15 is 0 Å². The lowest BCUT2D eigenvalue weighted by atomic mass is 10.2. The largest absolute Gasteiger partial charge is 0.504 e. The predicted octanol–water partition coefficient (Wildman–Crippen LogP) is 1.07. The van der Waals surface area contributed by atoms with Crippen LogP contribution in [0.15, 0.2) is 30.6 Å². The van der Waals surface area contributed by atoms with E-state index in [1.165, 1.54) is 30.6 Å². The van der Waals surface area contributed by atoms with Crippen LogP contribution < -0.4 is 5.32 Å². The van der Waals surface area contributed by atoms with Gasteiger partial charge in [0.15, 0.2) is 11.5 Å². The normalized spacial score (nSPS) is 10.0. The maximum atomic E-state index is 11.6. The zero-order valence-corrected chi connectivity index (χ0v) is 8.14. The van der Waals surface area contributed by atoms with Crippen LogP contribution in [0.25, 0.3) is 0 Å². The van der Waals surface area contributed by atoms with E-state index in [0.717, 1.165) is 0 Å². The van der Waals surface area contributed by atoms with E-state index in [1.807, 2.05) is 0 Å². The molecule has 1 aromatic heterocycles. The Labute approximate surface area is 90.6 Å². The Balaban J connectivity index is 2.18. The van der Waals surface area contributed by atoms with Gasteiger partial charge in [0.25, 0.3) is 5.91 Å². The van der Waals surface area contributed by atoms with Crippen LogP contribution in [0.1, 0.15) is 10.4 Å². The molecule has 1 heterocycles. The van der Waals surface area contributed by atoms with E-state index in [2.05, 4.69) is 15.5 Å². The van der Waals surface area contributed by atoms with Gasteiger partial charge in [0.1, 0.15) is 0 Å². The van der Waals surface area contributed by atoms with Crippen LogP contribution in [0, 0.1) is 0 Å². The second-order valence-corrected chi connectivity index (χ2v) is 3.14. The van der Waals surface area contributed by atoms with Crippen LogP contribution in [-0.2, 0) is 0 Å². The van der Waals surface area contributed by atoms with Crippen molar-refractivity contribution in [3.63, 3.8) is 0 Å². The predicted molar refractivity (Wildman–Crippen MR) is 56.3 cm³/mol. The molecule has 0 aliphatic heterocycles. The van der Waals surface area contributed by atoms with Crippen molar-refractivity contribution >= 4 is 11.6 Å². The molecule has 0 spiro atoms. The zero-order chi connectivity index (χ0) is 11.5. The number of rotatable bonds is 2. The molecule has 1 aromatic carbocycles. The number of phenolic OH excluding ortho intramolecular Hbond substituents is 2. The molecular weight excluding hydrogens is 210 g/mol. The number of nitrogens with zero attached hydrogens (tertiary/aromatic N) is 1. The fraction of sp³-hybridized carbons (Fsp3) is 0. The van der Waals surface area contributed by atoms with E-state index in [-0.39, 0.29) is 17.1 Å². The van der Waals surface area contributed by atoms with Crippen molar-refractivity contribution < 1.29 is 15.0 Å². The van der Waals surface area contributed by atoms with Crippen molar-refractivity contribution in [2.24, 2.45) is 0 Å². The number of aromatic amines is 1. The third-order valence-electron chi connectivity index (χ3n) is 1.99. The number of aromatic nitrogens is 2. The third kappa shape index (κ3) is 1.95. The minimum absolute atomic E-state index is 0.247. The molecule has 0 saturated carbocycles. The number of hydrogen-bond acceptors (Lipinski definition) is 4. The average Bonchev–Trinajstić information content (AvgIpc) is 2.74. The van der Waals surface area contributed by atoms with Gasteiger partial charge in [0.2, 0.25) is 0 Å². The number of H-pyrrole nitrogens is 1. The topological polar surface area (TPSA) is 98.2 Å². The number of hydrogen-bond donors (Lipinski definition) is 4. The van der Waals surface area contributed by atoms with Gasteiger partial charge in [-0.15, -0.1) is 0 Å². The molecule has 6 nitrogen and oxygen atoms in total. The van der Waals surface area contributed by atoms with E-state index in [4.69, 9.17) is 5.11 Å². The molecule has 0 unspecified atom stereocenters. The molecule has 1 amide bonds. The van der Waals surface area contributed by atoms with Gasteiger partial charge in [-0.25, -0.2) is 0 Å². The van der Waals surface area contributed by atoms with Crippen LogP contribution >= 0.6 is 0 Å². The number of phenols is 2. The summed E-state index contributed by atoms with van der Waals surface area (Å²) < 4.78 is 0. The maximum Gasteiger partial charge on any atom is 0.255 e. The monoisotopic (exact) mass is 219 g/mol. The lowest BCUT2D eigenvalue weighted by Gasteiger charge is -2.03. The van der Waals surface area contributed by atoms with Gasteiger partial charge in [0.05, 0.1) is 11.9 Å². The number of anilines is 1. The molecule has 0 radical (unpaired) electrons. The van der Waals surface area contributed by atoms with Gasteiger partial charge in [-0.05, 0) is 18.2 Å². The van der Waals surface area contributed by atoms with Crippen molar-refractivity contribution in [3.05, 3.63) is 36.2 Å². The van der Waals surface area contributed by atoms with Crippen molar-refractivity contribution in [3.8, 4) is 11.5 Å². The number of aromatic hydroxyl groups is 2. The SMILES string of the molecule is O=C(Nc1cn[nH]c1)c1ccc(O)c(O)c1. The standard InChI is InChI=1S/C10H9N3O3/c14-8-2-1-6(3-9(8)15)10(16)13-7-4-11-12-5-7/h1-5,14-15H,(H,11,12)(H,13,16). The highest BCUT2D eigenvalue weighted by molar-refractivity contribution is 6.04. The van der Waals surface area contributed by atoms with E-state index in [9.17, 15) is 9.90 Å². The highest BCUT2D eigenvalue weighted by Crippen LogP contribution is 2.25. The molecule has 2 rings (SSSR count). The number of nitrogens with one attached hydrogen (secondary N) is 2. The molecule has 0 aliphatic rings. The van der Waals surface area contributed by atoms with Gasteiger partial charge in [-0.3, -0.25) is 9.89 Å². The van der Waals surface area contributed by atoms with E-state index in [1.54, 1.807) is 0 Å². The number of benzene rings is 1. The molecule has 6 heteroatoms. The van der Waals surface area contributed by atoms with Crippen molar-refractivity contribution in [2.45, 2.75) is 0 Å². The molecule has 0 atom stereocenters. The van der Waals surface area contributed by atoms with Crippen LogP contribution in [0.2, 0.25) is 0 Å². The lowest BCUT2D eigenvalue weighted by Crippen LogP contribution is -2.10. The molecule has 2 aromatic rings. The fourth-order valence-electron chi connectivity index (χ4n) is 1.19. The zero-order valence-electron chi connectivity index (χ0n) is 8.14. The highest BCUT2D eigenvalue weighted by Gasteiger charge is 2.09. The quantitative estimate of drug-likeness (QED) is 0.568. The molecule has 4 N–H and O–H groups in total. The Hall–Kier alpha value is -2.50. The first-order valence-electron chi connectivity index (χ1n) is 4.49. The molecule has 16 heavy (non-hydrogen) atoms. The smallest absolute Gasteiger partial charge is 0.255 e. The van der Waals surface area contributed by atoms with Crippen LogP contribution in [0.4, 0.5) is 5.69 Å². The summed E-state index contributed by atoms with van der Waals surface area (Å²) in [5.74, 6) is -0.989. The van der Waals surface area contributed by atoms with Crippen molar-refractivity contribution in [2.75, 3.05) is 5.32 Å². The van der Waals surface area contributed by atoms with Crippen LogP contribution in [0.5, 0.6) is 11.5 Å². The summed E-state index contributed by atoms with van der Waals surface area (Å²) >= 11 is 0. The second kappa shape index (κ2) is 3.93. The molecular formula is C10H9N3O3. The lowest BCUT2D eigenvalue weighted by molar-refractivity contribution is 0.102. The van der Waals surface area contributed by atoms with Gasteiger partial charge in [-0.1, -0.05) is 0 Å². The minimum Gasteiger partial charge on any atom is -0.504 e. The maximum absolute atomic E-state index is 11.6. The van der Waals surface area contributed by atoms with Crippen molar-refractivity contribution in [1.29, 1.82) is 0 Å². The Morgan fingerprint density at radius 2 is 2.12 bits per heavy atom. The van der Waals surface area contributed by atoms with Crippen molar-refractivity contribution in [1.82, 2.24) is 10.2 Å². The Bertz CT molecular complexity index is 508. The summed E-state index contributed by atoms with van der Waals surface area (Å²) in [5.41, 5.74) is 0.772. The van der Waals surface area contributed by atoms with Gasteiger partial charge >= 0.3 is 0 Å². The summed E-state index contributed by atoms with van der Waals surface area (Å²) in [6.45, 7) is 0. The average molecular weight is 219 g/mol. The molecule has 0 bridgehead atoms. The summed E-state index contributed by atoms with van der Waals surface area (Å²) in [4.78, 5) is 11.6. The molecule has 0 aliphatic carbocycles.